The molecule has 122 valence electrons. The Morgan fingerprint density at radius 1 is 1.00 bits per heavy atom. The van der Waals surface area contributed by atoms with Crippen molar-refractivity contribution in [3.05, 3.63) is 92.4 Å². The lowest BCUT2D eigenvalue weighted by molar-refractivity contribution is 0.633. The summed E-state index contributed by atoms with van der Waals surface area (Å²) >= 11 is 3.53. The second kappa shape index (κ2) is 5.83. The summed E-state index contributed by atoms with van der Waals surface area (Å²) in [7, 11) is 0. The third kappa shape index (κ3) is 2.33. The highest BCUT2D eigenvalue weighted by atomic mass is 32.1. The highest BCUT2D eigenvalue weighted by Gasteiger charge is 2.37. The number of aromatic nitrogens is 2. The average Bonchev–Trinajstić information content (AvgIpc) is 3.42. The number of nitrogens with zero attached hydrogens (tertiary/aromatic N) is 1. The second-order valence-electron chi connectivity index (χ2n) is 6.30. The highest BCUT2D eigenvalue weighted by Crippen LogP contribution is 2.44. The summed E-state index contributed by atoms with van der Waals surface area (Å²) in [4.78, 5) is 1.37. The van der Waals surface area contributed by atoms with Crippen LogP contribution in [0.25, 0.3) is 17.3 Å². The van der Waals surface area contributed by atoms with Crippen LogP contribution >= 0.6 is 22.7 Å². The van der Waals surface area contributed by atoms with Gasteiger partial charge in [0.1, 0.15) is 5.69 Å². The third-order valence-electron chi connectivity index (χ3n) is 4.92. The molecule has 4 heteroatoms. The largest absolute Gasteiger partial charge is 0.281 e. The van der Waals surface area contributed by atoms with Crippen LogP contribution < -0.4 is 0 Å². The Bertz CT molecular complexity index is 1010. The first-order valence-electron chi connectivity index (χ1n) is 8.25. The molecule has 0 saturated carbocycles. The van der Waals surface area contributed by atoms with Crippen LogP contribution in [0.15, 0.2) is 70.7 Å². The molecule has 0 spiro atoms. The maximum atomic E-state index is 4.61. The molecule has 1 unspecified atom stereocenters. The molecule has 1 N–H and O–H groups in total. The van der Waals surface area contributed by atoms with Gasteiger partial charge in [-0.1, -0.05) is 48.6 Å². The van der Waals surface area contributed by atoms with Crippen LogP contribution in [-0.2, 0) is 11.8 Å². The molecule has 1 aliphatic rings. The minimum absolute atomic E-state index is 0.124. The Morgan fingerprint density at radius 2 is 1.92 bits per heavy atom. The van der Waals surface area contributed by atoms with Crippen LogP contribution in [0.1, 0.15) is 21.7 Å². The molecule has 5 rings (SSSR count). The van der Waals surface area contributed by atoms with Crippen molar-refractivity contribution in [1.29, 1.82) is 0 Å². The van der Waals surface area contributed by atoms with Gasteiger partial charge in [-0.05, 0) is 28.5 Å². The van der Waals surface area contributed by atoms with Gasteiger partial charge in [0.2, 0.25) is 0 Å². The first kappa shape index (κ1) is 14.9. The monoisotopic (exact) mass is 360 g/mol. The van der Waals surface area contributed by atoms with Crippen molar-refractivity contribution in [1.82, 2.24) is 10.2 Å². The van der Waals surface area contributed by atoms with E-state index < -0.39 is 0 Å². The summed E-state index contributed by atoms with van der Waals surface area (Å²) in [6.45, 7) is 0. The summed E-state index contributed by atoms with van der Waals surface area (Å²) in [6, 6.07) is 17.3. The Labute approximate surface area is 154 Å². The number of hydrogen-bond donors (Lipinski definition) is 1. The lowest BCUT2D eigenvalue weighted by atomic mass is 9.72. The Kier molecular flexibility index (Phi) is 3.47. The Hall–Kier alpha value is -2.43. The van der Waals surface area contributed by atoms with Gasteiger partial charge in [-0.15, -0.1) is 11.3 Å². The molecule has 1 aliphatic carbocycles. The van der Waals surface area contributed by atoms with E-state index in [1.54, 1.807) is 11.3 Å². The molecule has 25 heavy (non-hydrogen) atoms. The molecule has 0 bridgehead atoms. The van der Waals surface area contributed by atoms with Crippen molar-refractivity contribution in [2.45, 2.75) is 11.8 Å². The van der Waals surface area contributed by atoms with Crippen molar-refractivity contribution in [3.63, 3.8) is 0 Å². The van der Waals surface area contributed by atoms with Crippen LogP contribution in [0, 0.1) is 0 Å². The van der Waals surface area contributed by atoms with E-state index in [1.807, 2.05) is 11.3 Å². The minimum Gasteiger partial charge on any atom is -0.281 e. The van der Waals surface area contributed by atoms with E-state index in [-0.39, 0.29) is 5.41 Å². The molecular weight excluding hydrogens is 344 g/mol. The van der Waals surface area contributed by atoms with Crippen LogP contribution in [0.5, 0.6) is 0 Å². The maximum Gasteiger partial charge on any atom is 0.100 e. The first-order valence-corrected chi connectivity index (χ1v) is 10.1. The number of benzene rings is 1. The maximum absolute atomic E-state index is 4.61. The van der Waals surface area contributed by atoms with E-state index in [9.17, 15) is 0 Å². The summed E-state index contributed by atoms with van der Waals surface area (Å²) in [6.07, 6.45) is 5.52. The molecule has 3 aromatic heterocycles. The molecule has 0 saturated heterocycles. The molecular formula is C21H16N2S2. The van der Waals surface area contributed by atoms with Crippen molar-refractivity contribution in [2.24, 2.45) is 0 Å². The van der Waals surface area contributed by atoms with Gasteiger partial charge in [-0.3, -0.25) is 5.10 Å². The molecule has 0 radical (unpaired) electrons. The number of H-pyrrole nitrogens is 1. The molecule has 0 aliphatic heterocycles. The zero-order chi connectivity index (χ0) is 16.7. The van der Waals surface area contributed by atoms with Crippen LogP contribution in [-0.4, -0.2) is 10.2 Å². The number of aromatic amines is 1. The van der Waals surface area contributed by atoms with Gasteiger partial charge >= 0.3 is 0 Å². The SMILES string of the molecule is C1=CC(c2ccccc2)(c2cccs2)Cc2[nH]nc(-c3ccsc3)c21. The molecule has 4 aromatic rings. The Morgan fingerprint density at radius 3 is 2.68 bits per heavy atom. The van der Waals surface area contributed by atoms with Crippen molar-refractivity contribution in [3.8, 4) is 11.3 Å². The van der Waals surface area contributed by atoms with Gasteiger partial charge in [0.15, 0.2) is 0 Å². The highest BCUT2D eigenvalue weighted by molar-refractivity contribution is 7.10. The average molecular weight is 361 g/mol. The van der Waals surface area contributed by atoms with Gasteiger partial charge in [0.05, 0.1) is 5.41 Å². The number of thiophene rings is 2. The van der Waals surface area contributed by atoms with E-state index in [0.29, 0.717) is 0 Å². The predicted octanol–water partition coefficient (Wildman–Crippen LogP) is 5.76. The summed E-state index contributed by atoms with van der Waals surface area (Å²) < 4.78 is 0. The van der Waals surface area contributed by atoms with Crippen LogP contribution in [0.3, 0.4) is 0 Å². The third-order valence-corrected chi connectivity index (χ3v) is 6.65. The van der Waals surface area contributed by atoms with E-state index >= 15 is 0 Å². The molecule has 1 aromatic carbocycles. The van der Waals surface area contributed by atoms with Crippen molar-refractivity contribution in [2.75, 3.05) is 0 Å². The fourth-order valence-electron chi connectivity index (χ4n) is 3.66. The minimum atomic E-state index is -0.124. The van der Waals surface area contributed by atoms with E-state index in [1.165, 1.54) is 27.3 Å². The lowest BCUT2D eigenvalue weighted by Crippen LogP contribution is -2.29. The zero-order valence-corrected chi connectivity index (χ0v) is 15.1. The molecule has 0 fully saturated rings. The van der Waals surface area contributed by atoms with E-state index in [4.69, 9.17) is 0 Å². The number of fused-ring (bicyclic) bond motifs is 1. The topological polar surface area (TPSA) is 28.7 Å². The van der Waals surface area contributed by atoms with Gasteiger partial charge in [-0.25, -0.2) is 0 Å². The van der Waals surface area contributed by atoms with Gasteiger partial charge < -0.3 is 0 Å². The molecule has 1 atom stereocenters. The lowest BCUT2D eigenvalue weighted by Gasteiger charge is -2.33. The number of rotatable bonds is 3. The number of nitrogens with one attached hydrogen (secondary N) is 1. The molecule has 0 amide bonds. The first-order chi connectivity index (χ1) is 12.4. The van der Waals surface area contributed by atoms with Crippen LogP contribution in [0.4, 0.5) is 0 Å². The summed E-state index contributed by atoms with van der Waals surface area (Å²) in [5.74, 6) is 0. The van der Waals surface area contributed by atoms with Gasteiger partial charge in [0, 0.05) is 33.5 Å². The summed E-state index contributed by atoms with van der Waals surface area (Å²) in [5, 5.41) is 14.3. The summed E-state index contributed by atoms with van der Waals surface area (Å²) in [5.41, 5.74) is 5.88. The number of allylic oxidation sites excluding steroid dienone is 1. The van der Waals surface area contributed by atoms with Gasteiger partial charge in [0.25, 0.3) is 0 Å². The Balaban J connectivity index is 1.66. The van der Waals surface area contributed by atoms with Gasteiger partial charge in [-0.2, -0.15) is 16.4 Å². The predicted molar refractivity (Wildman–Crippen MR) is 106 cm³/mol. The standard InChI is InChI=1S/C21H16N2S2/c1-2-5-16(6-3-1)21(19-7-4-11-25-19)10-8-17-18(13-21)22-23-20(17)15-9-12-24-14-15/h1-12,14H,13H2,(H,22,23). The van der Waals surface area contributed by atoms with E-state index in [0.717, 1.165) is 12.1 Å². The smallest absolute Gasteiger partial charge is 0.100 e. The van der Waals surface area contributed by atoms with Crippen molar-refractivity contribution < 1.29 is 0 Å². The molecule has 3 heterocycles. The quantitative estimate of drug-likeness (QED) is 0.495. The zero-order valence-electron chi connectivity index (χ0n) is 13.5. The van der Waals surface area contributed by atoms with Crippen LogP contribution in [0.2, 0.25) is 0 Å². The second-order valence-corrected chi connectivity index (χ2v) is 8.03. The van der Waals surface area contributed by atoms with Crippen molar-refractivity contribution >= 4 is 28.7 Å². The fourth-order valence-corrected chi connectivity index (χ4v) is 5.23. The normalized spacial score (nSPS) is 19.0. The van der Waals surface area contributed by atoms with E-state index in [2.05, 4.69) is 87.0 Å². The fraction of sp³-hybridized carbons (Fsp3) is 0.0952. The number of hydrogen-bond acceptors (Lipinski definition) is 3. The molecule has 2 nitrogen and oxygen atoms in total.